The zero-order valence-electron chi connectivity index (χ0n) is 12.8. The fourth-order valence-electron chi connectivity index (χ4n) is 2.48. The second kappa shape index (κ2) is 6.01. The van der Waals surface area contributed by atoms with E-state index in [0.29, 0.717) is 11.3 Å². The summed E-state index contributed by atoms with van der Waals surface area (Å²) in [7, 11) is 3.34. The molecule has 1 amide bonds. The summed E-state index contributed by atoms with van der Waals surface area (Å²) in [5, 5.41) is 0.864. The van der Waals surface area contributed by atoms with Gasteiger partial charge in [-0.3, -0.25) is 9.36 Å². The highest BCUT2D eigenvalue weighted by atomic mass is 79.9. The van der Waals surface area contributed by atoms with E-state index in [1.165, 1.54) is 9.47 Å². The van der Waals surface area contributed by atoms with Crippen LogP contribution < -0.4 is 0 Å². The first kappa shape index (κ1) is 15.5. The van der Waals surface area contributed by atoms with Gasteiger partial charge in [-0.15, -0.1) is 0 Å². The fourth-order valence-corrected chi connectivity index (χ4v) is 2.74. The number of amides is 1. The molecule has 0 atom stereocenters. The lowest BCUT2D eigenvalue weighted by Crippen LogP contribution is -2.29. The first-order valence-electron chi connectivity index (χ1n) is 7.11. The first-order valence-corrected chi connectivity index (χ1v) is 7.91. The molecule has 3 rings (SSSR count). The maximum absolute atomic E-state index is 12.9. The molecule has 0 radical (unpaired) electrons. The van der Waals surface area contributed by atoms with Crippen LogP contribution in [0.4, 0.5) is 4.79 Å². The summed E-state index contributed by atoms with van der Waals surface area (Å²) in [6.45, 7) is 0. The smallest absolute Gasteiger partial charge is 0.328 e. The monoisotopic (exact) mass is 370 g/mol. The normalized spacial score (nSPS) is 10.7. The van der Waals surface area contributed by atoms with Gasteiger partial charge in [0, 0.05) is 29.5 Å². The van der Waals surface area contributed by atoms with Gasteiger partial charge in [0.2, 0.25) is 5.78 Å². The molecule has 5 heteroatoms. The van der Waals surface area contributed by atoms with Crippen LogP contribution in [0.15, 0.2) is 59.1 Å². The minimum Gasteiger partial charge on any atom is -0.330 e. The first-order chi connectivity index (χ1) is 11.0. The average Bonchev–Trinajstić information content (AvgIpc) is 2.93. The summed E-state index contributed by atoms with van der Waals surface area (Å²) in [5.74, 6) is -0.177. The Labute approximate surface area is 142 Å². The molecule has 0 aliphatic carbocycles. The third-order valence-corrected chi connectivity index (χ3v) is 4.15. The van der Waals surface area contributed by atoms with Gasteiger partial charge in [-0.05, 0) is 36.4 Å². The maximum Gasteiger partial charge on any atom is 0.328 e. The van der Waals surface area contributed by atoms with Crippen LogP contribution in [0, 0.1) is 0 Å². The number of hydrogen-bond donors (Lipinski definition) is 0. The van der Waals surface area contributed by atoms with E-state index < -0.39 is 0 Å². The molecule has 0 aliphatic rings. The molecule has 0 spiro atoms. The molecule has 0 N–H and O–H groups in total. The molecule has 1 heterocycles. The Morgan fingerprint density at radius 3 is 2.30 bits per heavy atom. The Morgan fingerprint density at radius 2 is 1.65 bits per heavy atom. The number of ketones is 1. The second-order valence-electron chi connectivity index (χ2n) is 5.44. The summed E-state index contributed by atoms with van der Waals surface area (Å²) in [6, 6.07) is 16.1. The molecule has 0 fully saturated rings. The number of aromatic nitrogens is 1. The van der Waals surface area contributed by atoms with Gasteiger partial charge in [0.25, 0.3) is 0 Å². The number of halogens is 1. The van der Waals surface area contributed by atoms with Crippen molar-refractivity contribution in [2.24, 2.45) is 0 Å². The van der Waals surface area contributed by atoms with E-state index >= 15 is 0 Å². The highest BCUT2D eigenvalue weighted by Gasteiger charge is 2.22. The van der Waals surface area contributed by atoms with E-state index in [1.54, 1.807) is 32.3 Å². The van der Waals surface area contributed by atoms with Crippen molar-refractivity contribution in [3.8, 4) is 0 Å². The number of benzene rings is 2. The van der Waals surface area contributed by atoms with Gasteiger partial charge in [0.1, 0.15) is 0 Å². The van der Waals surface area contributed by atoms with E-state index in [1.807, 2.05) is 36.4 Å². The van der Waals surface area contributed by atoms with E-state index in [-0.39, 0.29) is 11.8 Å². The molecule has 0 unspecified atom stereocenters. The van der Waals surface area contributed by atoms with Crippen molar-refractivity contribution in [2.75, 3.05) is 14.1 Å². The molecule has 0 aliphatic heterocycles. The lowest BCUT2D eigenvalue weighted by Gasteiger charge is -2.14. The third-order valence-electron chi connectivity index (χ3n) is 3.62. The van der Waals surface area contributed by atoms with Crippen molar-refractivity contribution in [3.05, 3.63) is 70.3 Å². The number of carbonyl (C=O) groups excluding carboxylic acids is 2. The third kappa shape index (κ3) is 2.80. The molecule has 4 nitrogen and oxygen atoms in total. The fraction of sp³-hybridized carbons (Fsp3) is 0.111. The molecular weight excluding hydrogens is 356 g/mol. The molecular formula is C18H15BrN2O2. The van der Waals surface area contributed by atoms with Gasteiger partial charge in [-0.1, -0.05) is 34.1 Å². The van der Waals surface area contributed by atoms with Crippen LogP contribution in [0.3, 0.4) is 0 Å². The predicted octanol–water partition coefficient (Wildman–Crippen LogP) is 4.16. The molecule has 0 bridgehead atoms. The topological polar surface area (TPSA) is 42.3 Å². The largest absolute Gasteiger partial charge is 0.330 e. The van der Waals surface area contributed by atoms with Gasteiger partial charge in [-0.25, -0.2) is 4.79 Å². The lowest BCUT2D eigenvalue weighted by molar-refractivity contribution is 0.103. The molecule has 0 saturated carbocycles. The standard InChI is InChI=1S/C18H15BrN2O2/c1-20(2)18(23)21-15-6-4-3-5-13(15)11-16(21)17(22)12-7-9-14(19)10-8-12/h3-11H,1-2H3. The number of fused-ring (bicyclic) bond motifs is 1. The Kier molecular flexibility index (Phi) is 4.05. The molecule has 23 heavy (non-hydrogen) atoms. The van der Waals surface area contributed by atoms with Gasteiger partial charge in [-0.2, -0.15) is 0 Å². The van der Waals surface area contributed by atoms with Gasteiger partial charge in [0.15, 0.2) is 0 Å². The molecule has 0 saturated heterocycles. The summed E-state index contributed by atoms with van der Waals surface area (Å²) in [5.41, 5.74) is 1.64. The number of rotatable bonds is 2. The SMILES string of the molecule is CN(C)C(=O)n1c(C(=O)c2ccc(Br)cc2)cc2ccccc21. The number of carbonyl (C=O) groups is 2. The Hall–Kier alpha value is -2.40. The van der Waals surface area contributed by atoms with Crippen LogP contribution in [-0.2, 0) is 0 Å². The maximum atomic E-state index is 12.9. The van der Waals surface area contributed by atoms with Crippen molar-refractivity contribution < 1.29 is 9.59 Å². The highest BCUT2D eigenvalue weighted by Crippen LogP contribution is 2.23. The zero-order chi connectivity index (χ0) is 16.6. The van der Waals surface area contributed by atoms with Crippen LogP contribution in [0.2, 0.25) is 0 Å². The molecule has 2 aromatic carbocycles. The number of hydrogen-bond acceptors (Lipinski definition) is 2. The lowest BCUT2D eigenvalue weighted by atomic mass is 10.1. The average molecular weight is 371 g/mol. The van der Waals surface area contributed by atoms with Crippen LogP contribution in [-0.4, -0.2) is 35.4 Å². The van der Waals surface area contributed by atoms with E-state index in [9.17, 15) is 9.59 Å². The quantitative estimate of drug-likeness (QED) is 0.635. The second-order valence-corrected chi connectivity index (χ2v) is 6.35. The zero-order valence-corrected chi connectivity index (χ0v) is 14.4. The van der Waals surface area contributed by atoms with Crippen LogP contribution in [0.5, 0.6) is 0 Å². The highest BCUT2D eigenvalue weighted by molar-refractivity contribution is 9.10. The van der Waals surface area contributed by atoms with E-state index in [0.717, 1.165) is 15.4 Å². The van der Waals surface area contributed by atoms with Gasteiger partial charge >= 0.3 is 6.03 Å². The van der Waals surface area contributed by atoms with Crippen LogP contribution in [0.25, 0.3) is 10.9 Å². The summed E-state index contributed by atoms with van der Waals surface area (Å²) in [6.07, 6.45) is 0. The Bertz CT molecular complexity index is 895. The van der Waals surface area contributed by atoms with Gasteiger partial charge in [0.05, 0.1) is 11.2 Å². The number of para-hydroxylation sites is 1. The van der Waals surface area contributed by atoms with E-state index in [2.05, 4.69) is 15.9 Å². The van der Waals surface area contributed by atoms with E-state index in [4.69, 9.17) is 0 Å². The van der Waals surface area contributed by atoms with Crippen LogP contribution in [0.1, 0.15) is 16.1 Å². The number of nitrogens with zero attached hydrogens (tertiary/aromatic N) is 2. The van der Waals surface area contributed by atoms with Crippen LogP contribution >= 0.6 is 15.9 Å². The van der Waals surface area contributed by atoms with Crippen molar-refractivity contribution in [2.45, 2.75) is 0 Å². The molecule has 3 aromatic rings. The minimum atomic E-state index is -0.244. The Morgan fingerprint density at radius 1 is 1.00 bits per heavy atom. The minimum absolute atomic E-state index is 0.177. The van der Waals surface area contributed by atoms with Crippen molar-refractivity contribution in [1.82, 2.24) is 9.47 Å². The predicted molar refractivity (Wildman–Crippen MR) is 94.0 cm³/mol. The summed E-state index contributed by atoms with van der Waals surface area (Å²) >= 11 is 3.36. The van der Waals surface area contributed by atoms with Crippen molar-refractivity contribution in [3.63, 3.8) is 0 Å². The Balaban J connectivity index is 2.20. The van der Waals surface area contributed by atoms with Crippen molar-refractivity contribution in [1.29, 1.82) is 0 Å². The summed E-state index contributed by atoms with van der Waals surface area (Å²) in [4.78, 5) is 26.9. The van der Waals surface area contributed by atoms with Crippen molar-refractivity contribution >= 4 is 38.6 Å². The summed E-state index contributed by atoms with van der Waals surface area (Å²) < 4.78 is 2.37. The van der Waals surface area contributed by atoms with Gasteiger partial charge < -0.3 is 4.90 Å². The molecule has 1 aromatic heterocycles. The molecule has 116 valence electrons.